The van der Waals surface area contributed by atoms with Crippen LogP contribution in [-0.2, 0) is 11.2 Å². The third-order valence-corrected chi connectivity index (χ3v) is 5.93. The van der Waals surface area contributed by atoms with Gasteiger partial charge in [0.05, 0.1) is 17.3 Å². The molecule has 1 radical (unpaired) electrons. The summed E-state index contributed by atoms with van der Waals surface area (Å²) in [7, 11) is 0. The summed E-state index contributed by atoms with van der Waals surface area (Å²) in [6, 6.07) is 9.64. The standard InChI is InChI=1S/C25H23F2N4O2/c1-15-12-28-29-23(17(15)3)11-18-4-9-22(27)21(10-18)25(33)30-13-16(2)31(24(32)14-30)20-7-5-19(26)6-8-20/h4-10,16H,11,13-14H2,1-3H3/t16-/m0/s1. The molecule has 6 nitrogen and oxygen atoms in total. The zero-order valence-electron chi connectivity index (χ0n) is 18.6. The Morgan fingerprint density at radius 1 is 1.15 bits per heavy atom. The summed E-state index contributed by atoms with van der Waals surface area (Å²) in [6.45, 7) is 5.63. The molecule has 3 aromatic rings. The molecule has 0 bridgehead atoms. The lowest BCUT2D eigenvalue weighted by atomic mass is 10.0. The van der Waals surface area contributed by atoms with Gasteiger partial charge in [-0.25, -0.2) is 8.78 Å². The lowest BCUT2D eigenvalue weighted by Crippen LogP contribution is -2.57. The number of hydrogen-bond acceptors (Lipinski definition) is 4. The third kappa shape index (κ3) is 4.60. The number of amides is 2. The number of carbonyl (C=O) groups is 2. The molecule has 2 amide bonds. The van der Waals surface area contributed by atoms with Gasteiger partial charge in [-0.3, -0.25) is 9.59 Å². The summed E-state index contributed by atoms with van der Waals surface area (Å²) in [5, 5.41) is 7.97. The van der Waals surface area contributed by atoms with Gasteiger partial charge in [0.25, 0.3) is 5.91 Å². The molecule has 1 saturated heterocycles. The quantitative estimate of drug-likeness (QED) is 0.610. The van der Waals surface area contributed by atoms with Crippen molar-refractivity contribution in [2.24, 2.45) is 0 Å². The first kappa shape index (κ1) is 22.5. The van der Waals surface area contributed by atoms with E-state index in [-0.39, 0.29) is 30.6 Å². The number of benzene rings is 2. The summed E-state index contributed by atoms with van der Waals surface area (Å²) in [5.41, 5.74) is 3.73. The fourth-order valence-corrected chi connectivity index (χ4v) is 4.02. The smallest absolute Gasteiger partial charge is 0.257 e. The van der Waals surface area contributed by atoms with Gasteiger partial charge in [0, 0.05) is 18.7 Å². The highest BCUT2D eigenvalue weighted by molar-refractivity contribution is 6.02. The molecule has 1 aromatic heterocycles. The van der Waals surface area contributed by atoms with Crippen molar-refractivity contribution in [3.8, 4) is 0 Å². The predicted molar refractivity (Wildman–Crippen MR) is 119 cm³/mol. The van der Waals surface area contributed by atoms with Crippen LogP contribution in [0.3, 0.4) is 0 Å². The second-order valence-corrected chi connectivity index (χ2v) is 8.27. The van der Waals surface area contributed by atoms with Crippen molar-refractivity contribution in [3.63, 3.8) is 0 Å². The summed E-state index contributed by atoms with van der Waals surface area (Å²) in [5.74, 6) is -1.90. The van der Waals surface area contributed by atoms with E-state index in [0.29, 0.717) is 17.7 Å². The molecular weight excluding hydrogens is 426 g/mol. The lowest BCUT2D eigenvalue weighted by Gasteiger charge is -2.39. The highest BCUT2D eigenvalue weighted by Gasteiger charge is 2.34. The minimum absolute atomic E-state index is 0.0902. The molecule has 169 valence electrons. The number of piperazine rings is 1. The number of halogens is 2. The van der Waals surface area contributed by atoms with Gasteiger partial charge in [-0.1, -0.05) is 6.07 Å². The van der Waals surface area contributed by atoms with Crippen molar-refractivity contribution >= 4 is 17.5 Å². The molecule has 1 aliphatic rings. The van der Waals surface area contributed by atoms with Crippen LogP contribution in [0.25, 0.3) is 0 Å². The van der Waals surface area contributed by atoms with E-state index >= 15 is 0 Å². The average Bonchev–Trinajstić information content (AvgIpc) is 2.78. The zero-order chi connectivity index (χ0) is 23.7. The molecule has 1 atom stereocenters. The molecule has 4 rings (SSSR count). The molecule has 0 spiro atoms. The summed E-state index contributed by atoms with van der Waals surface area (Å²) in [6.07, 6.45) is 3.19. The van der Waals surface area contributed by atoms with Crippen molar-refractivity contribution < 1.29 is 18.4 Å². The minimum Gasteiger partial charge on any atom is -0.327 e. The van der Waals surface area contributed by atoms with Crippen molar-refractivity contribution in [2.75, 3.05) is 18.0 Å². The largest absolute Gasteiger partial charge is 0.327 e. The molecule has 2 heterocycles. The molecule has 1 fully saturated rings. The second kappa shape index (κ2) is 9.05. The Hall–Kier alpha value is -3.68. The zero-order valence-corrected chi connectivity index (χ0v) is 18.6. The maximum atomic E-state index is 14.6. The van der Waals surface area contributed by atoms with Crippen LogP contribution in [0.15, 0.2) is 42.5 Å². The Kier molecular flexibility index (Phi) is 6.18. The first-order chi connectivity index (χ1) is 15.7. The molecule has 0 aliphatic carbocycles. The Balaban J connectivity index is 1.54. The number of carbonyl (C=O) groups excluding carboxylic acids is 2. The van der Waals surface area contributed by atoms with Gasteiger partial charge >= 0.3 is 0 Å². The van der Waals surface area contributed by atoms with Crippen molar-refractivity contribution in [3.05, 3.63) is 88.2 Å². The fourth-order valence-electron chi connectivity index (χ4n) is 4.02. The normalized spacial score (nSPS) is 16.3. The van der Waals surface area contributed by atoms with Gasteiger partial charge in [-0.15, -0.1) is 5.10 Å². The van der Waals surface area contributed by atoms with Gasteiger partial charge in [-0.2, -0.15) is 5.10 Å². The summed E-state index contributed by atoms with van der Waals surface area (Å²) < 4.78 is 27.9. The van der Waals surface area contributed by atoms with Gasteiger partial charge in [0.1, 0.15) is 24.4 Å². The molecule has 8 heteroatoms. The number of rotatable bonds is 4. The first-order valence-electron chi connectivity index (χ1n) is 10.6. The van der Waals surface area contributed by atoms with E-state index in [9.17, 15) is 18.4 Å². The van der Waals surface area contributed by atoms with Crippen molar-refractivity contribution in [1.29, 1.82) is 0 Å². The number of nitrogens with zero attached hydrogens (tertiary/aromatic N) is 4. The SMILES string of the molecule is Cc1[c]nnc(Cc2ccc(F)c(C(=O)N3CC(=O)N(c4ccc(F)cc4)[C@@H](C)C3)c2)c1C. The molecule has 33 heavy (non-hydrogen) atoms. The van der Waals surface area contributed by atoms with Crippen LogP contribution in [0.2, 0.25) is 0 Å². The molecular formula is C25H23F2N4O2. The van der Waals surface area contributed by atoms with E-state index in [1.165, 1.54) is 46.2 Å². The lowest BCUT2D eigenvalue weighted by molar-refractivity contribution is -0.121. The van der Waals surface area contributed by atoms with E-state index in [1.54, 1.807) is 13.0 Å². The Labute approximate surface area is 190 Å². The van der Waals surface area contributed by atoms with Crippen LogP contribution in [-0.4, -0.2) is 46.0 Å². The van der Waals surface area contributed by atoms with Gasteiger partial charge in [-0.05, 0) is 73.9 Å². The number of anilines is 1. The molecule has 0 saturated carbocycles. The number of aromatic nitrogens is 2. The van der Waals surface area contributed by atoms with E-state index in [1.807, 2.05) is 13.8 Å². The third-order valence-electron chi connectivity index (χ3n) is 5.93. The van der Waals surface area contributed by atoms with Crippen LogP contribution in [0, 0.1) is 31.7 Å². The molecule has 0 unspecified atom stereocenters. The minimum atomic E-state index is -0.648. The molecule has 0 N–H and O–H groups in total. The predicted octanol–water partition coefficient (Wildman–Crippen LogP) is 3.64. The summed E-state index contributed by atoms with van der Waals surface area (Å²) in [4.78, 5) is 28.9. The van der Waals surface area contributed by atoms with Crippen molar-refractivity contribution in [1.82, 2.24) is 15.1 Å². The van der Waals surface area contributed by atoms with Crippen LogP contribution >= 0.6 is 0 Å². The van der Waals surface area contributed by atoms with Crippen LogP contribution in [0.1, 0.15) is 39.7 Å². The maximum absolute atomic E-state index is 14.6. The average molecular weight is 449 g/mol. The summed E-state index contributed by atoms with van der Waals surface area (Å²) >= 11 is 0. The first-order valence-corrected chi connectivity index (χ1v) is 10.6. The second-order valence-electron chi connectivity index (χ2n) is 8.27. The topological polar surface area (TPSA) is 66.4 Å². The van der Waals surface area contributed by atoms with E-state index < -0.39 is 17.5 Å². The number of hydrogen-bond donors (Lipinski definition) is 0. The molecule has 1 aliphatic heterocycles. The van der Waals surface area contributed by atoms with E-state index in [2.05, 4.69) is 16.4 Å². The van der Waals surface area contributed by atoms with E-state index in [4.69, 9.17) is 0 Å². The molecule has 2 aromatic carbocycles. The maximum Gasteiger partial charge on any atom is 0.257 e. The van der Waals surface area contributed by atoms with Gasteiger partial charge in [0.15, 0.2) is 0 Å². The Morgan fingerprint density at radius 2 is 1.88 bits per heavy atom. The van der Waals surface area contributed by atoms with Crippen LogP contribution in [0.5, 0.6) is 0 Å². The monoisotopic (exact) mass is 449 g/mol. The highest BCUT2D eigenvalue weighted by atomic mass is 19.1. The number of aryl methyl sites for hydroxylation is 1. The Morgan fingerprint density at radius 3 is 2.58 bits per heavy atom. The van der Waals surface area contributed by atoms with Gasteiger partial charge in [0.2, 0.25) is 5.91 Å². The van der Waals surface area contributed by atoms with E-state index in [0.717, 1.165) is 16.8 Å². The Bertz CT molecular complexity index is 1210. The van der Waals surface area contributed by atoms with Crippen LogP contribution in [0.4, 0.5) is 14.5 Å². The van der Waals surface area contributed by atoms with Crippen LogP contribution < -0.4 is 4.90 Å². The van der Waals surface area contributed by atoms with Gasteiger partial charge < -0.3 is 9.80 Å². The fraction of sp³-hybridized carbons (Fsp3) is 0.280. The highest BCUT2D eigenvalue weighted by Crippen LogP contribution is 2.24. The van der Waals surface area contributed by atoms with Crippen molar-refractivity contribution in [2.45, 2.75) is 33.2 Å².